The number of hydrogen-bond donors (Lipinski definition) is 3. The van der Waals surface area contributed by atoms with Crippen LogP contribution in [0.4, 0.5) is 0 Å². The Kier molecular flexibility index (Phi) is 5.65. The number of hydrogen-bond acceptors (Lipinski definition) is 9. The highest BCUT2D eigenvalue weighted by atomic mass is 32.2. The van der Waals surface area contributed by atoms with Crippen molar-refractivity contribution < 1.29 is 14.9 Å². The smallest absolute Gasteiger partial charge is 0.159 e. The van der Waals surface area contributed by atoms with Crippen molar-refractivity contribution in [2.24, 2.45) is 4.99 Å². The minimum atomic E-state index is -1.05. The largest absolute Gasteiger partial charge is 0.388 e. The quantitative estimate of drug-likeness (QED) is 0.615. The van der Waals surface area contributed by atoms with Crippen LogP contribution in [0.2, 0.25) is 0 Å². The van der Waals surface area contributed by atoms with E-state index in [1.807, 2.05) is 31.6 Å². The predicted molar refractivity (Wildman–Crippen MR) is 109 cm³/mol. The second kappa shape index (κ2) is 8.05. The average molecular weight is 422 g/mol. The third-order valence-electron chi connectivity index (χ3n) is 5.50. The van der Waals surface area contributed by atoms with Crippen molar-refractivity contribution in [3.63, 3.8) is 0 Å². The molecule has 3 N–H and O–H groups in total. The van der Waals surface area contributed by atoms with E-state index in [2.05, 4.69) is 32.6 Å². The molecule has 1 fully saturated rings. The molecule has 2 aliphatic heterocycles. The minimum Gasteiger partial charge on any atom is -0.388 e. The van der Waals surface area contributed by atoms with Crippen LogP contribution in [-0.2, 0) is 17.8 Å². The molecule has 0 amide bonds. The fourth-order valence-electron chi connectivity index (χ4n) is 3.59. The van der Waals surface area contributed by atoms with Crippen LogP contribution in [-0.4, -0.2) is 76.5 Å². The summed E-state index contributed by atoms with van der Waals surface area (Å²) in [5.74, 6) is 0. The number of nitrogens with zero attached hydrogens (tertiary/aromatic N) is 6. The molecule has 0 radical (unpaired) electrons. The van der Waals surface area contributed by atoms with Crippen molar-refractivity contribution >= 4 is 16.9 Å². The van der Waals surface area contributed by atoms with E-state index >= 15 is 0 Å². The minimum absolute atomic E-state index is 0.293. The summed E-state index contributed by atoms with van der Waals surface area (Å²) >= 11 is 1.44. The van der Waals surface area contributed by atoms with Crippen LogP contribution in [0.25, 0.3) is 0 Å². The number of fused-ring (bicyclic) bond motifs is 1. The number of thioether (sulfide) groups is 1. The highest BCUT2D eigenvalue weighted by Crippen LogP contribution is 2.36. The van der Waals surface area contributed by atoms with Gasteiger partial charge in [0.1, 0.15) is 35.5 Å². The number of rotatable bonds is 5. The number of aliphatic imine (C=N–C) groups is 1. The Morgan fingerprint density at radius 2 is 2.03 bits per heavy atom. The first-order chi connectivity index (χ1) is 13.9. The number of aromatic nitrogens is 5. The van der Waals surface area contributed by atoms with Crippen molar-refractivity contribution in [1.29, 1.82) is 0 Å². The number of aryl methyl sites for hydroxylation is 1. The van der Waals surface area contributed by atoms with E-state index in [-0.39, 0.29) is 5.44 Å². The number of aliphatic hydroxyl groups is 2. The number of ether oxygens (including phenoxy) is 1. The Morgan fingerprint density at radius 1 is 1.24 bits per heavy atom. The van der Waals surface area contributed by atoms with Crippen LogP contribution in [0.15, 0.2) is 11.2 Å². The van der Waals surface area contributed by atoms with E-state index in [9.17, 15) is 10.2 Å². The lowest BCUT2D eigenvalue weighted by atomic mass is 9.98. The molecule has 10 nitrogen and oxygen atoms in total. The van der Waals surface area contributed by atoms with Gasteiger partial charge < -0.3 is 20.3 Å². The Bertz CT molecular complexity index is 911. The predicted octanol–water partition coefficient (Wildman–Crippen LogP) is -0.0242. The van der Waals surface area contributed by atoms with Gasteiger partial charge in [0.05, 0.1) is 25.0 Å². The number of amidine groups is 1. The highest BCUT2D eigenvalue weighted by molar-refractivity contribution is 8.14. The summed E-state index contributed by atoms with van der Waals surface area (Å²) < 4.78 is 9.58. The van der Waals surface area contributed by atoms with Crippen LogP contribution in [0.3, 0.4) is 0 Å². The summed E-state index contributed by atoms with van der Waals surface area (Å²) in [4.78, 5) is 4.43. The Labute approximate surface area is 173 Å². The van der Waals surface area contributed by atoms with Crippen LogP contribution in [0.5, 0.6) is 0 Å². The van der Waals surface area contributed by atoms with E-state index in [1.165, 1.54) is 17.3 Å². The maximum atomic E-state index is 10.5. The van der Waals surface area contributed by atoms with Gasteiger partial charge in [0.2, 0.25) is 0 Å². The third-order valence-corrected chi connectivity index (χ3v) is 6.59. The monoisotopic (exact) mass is 421 g/mol. The topological polar surface area (TPSA) is 123 Å². The van der Waals surface area contributed by atoms with E-state index in [0.717, 1.165) is 28.8 Å². The van der Waals surface area contributed by atoms with Crippen molar-refractivity contribution in [3.8, 4) is 0 Å². The molecular formula is C18H27N7O3S. The first-order valence-electron chi connectivity index (χ1n) is 9.77. The summed E-state index contributed by atoms with van der Waals surface area (Å²) in [5, 5.41) is 37.8. The van der Waals surface area contributed by atoms with Gasteiger partial charge in [-0.3, -0.25) is 9.67 Å². The van der Waals surface area contributed by atoms with E-state index in [4.69, 9.17) is 4.74 Å². The summed E-state index contributed by atoms with van der Waals surface area (Å²) in [6.07, 6.45) is -0.806. The third kappa shape index (κ3) is 3.91. The molecule has 0 spiro atoms. The molecular weight excluding hydrogens is 394 g/mol. The molecule has 0 unspecified atom stereocenters. The molecule has 5 atom stereocenters. The maximum absolute atomic E-state index is 10.5. The fourth-order valence-corrected chi connectivity index (χ4v) is 4.78. The zero-order valence-electron chi connectivity index (χ0n) is 17.0. The Hall–Kier alpha value is -1.95. The van der Waals surface area contributed by atoms with Crippen LogP contribution in [0, 0.1) is 20.8 Å². The Morgan fingerprint density at radius 3 is 2.72 bits per heavy atom. The van der Waals surface area contributed by atoms with Crippen molar-refractivity contribution in [1.82, 2.24) is 30.1 Å². The summed E-state index contributed by atoms with van der Waals surface area (Å²) in [5.41, 5.74) is 3.73. The van der Waals surface area contributed by atoms with Crippen molar-refractivity contribution in [2.75, 3.05) is 6.54 Å². The first-order valence-corrected chi connectivity index (χ1v) is 10.6. The van der Waals surface area contributed by atoms with Gasteiger partial charge >= 0.3 is 0 Å². The lowest BCUT2D eigenvalue weighted by molar-refractivity contribution is -0.157. The lowest BCUT2D eigenvalue weighted by Crippen LogP contribution is -2.55. The van der Waals surface area contributed by atoms with Crippen molar-refractivity contribution in [3.05, 3.63) is 28.8 Å². The zero-order valence-corrected chi connectivity index (χ0v) is 17.8. The van der Waals surface area contributed by atoms with Gasteiger partial charge in [0, 0.05) is 12.2 Å². The molecule has 2 aliphatic rings. The number of aliphatic hydroxyl groups excluding tert-OH is 2. The van der Waals surface area contributed by atoms with Gasteiger partial charge in [-0.1, -0.05) is 17.0 Å². The Balaban J connectivity index is 1.42. The average Bonchev–Trinajstić information content (AvgIpc) is 3.36. The van der Waals surface area contributed by atoms with E-state index in [0.29, 0.717) is 13.1 Å². The summed E-state index contributed by atoms with van der Waals surface area (Å²) in [6, 6.07) is -0.471. The lowest BCUT2D eigenvalue weighted by Gasteiger charge is -2.38. The van der Waals surface area contributed by atoms with Gasteiger partial charge in [-0.15, -0.1) is 5.10 Å². The highest BCUT2D eigenvalue weighted by Gasteiger charge is 2.48. The van der Waals surface area contributed by atoms with Crippen LogP contribution in [0.1, 0.15) is 29.6 Å². The maximum Gasteiger partial charge on any atom is 0.159 e. The second-order valence-corrected chi connectivity index (χ2v) is 8.57. The van der Waals surface area contributed by atoms with Crippen LogP contribution < -0.4 is 5.32 Å². The SMILES string of the molecule is CCNC1=N[C@@H]2[C@@H](O)[C@H](O)[C@@H](Cn3cc(Cn4nc(C)c(C)c4C)nn3)O[C@@H]2S1. The standard InChI is InChI=1S/C18H27N7O3S/c1-5-19-18-20-14-16(27)15(26)13(28-17(14)29-18)8-24-6-12(21-23-24)7-25-11(4)9(2)10(3)22-25/h6,13-17,26-27H,5,7-8H2,1-4H3,(H,19,20)/t13-,14-,15-,16-,17-/m1/s1. The van der Waals surface area contributed by atoms with E-state index < -0.39 is 24.4 Å². The fraction of sp³-hybridized carbons (Fsp3) is 0.667. The zero-order chi connectivity index (χ0) is 20.7. The normalized spacial score (nSPS) is 29.0. The molecule has 0 bridgehead atoms. The van der Waals surface area contributed by atoms with Gasteiger partial charge in [-0.05, 0) is 33.3 Å². The number of nitrogens with one attached hydrogen (secondary N) is 1. The molecule has 0 aromatic carbocycles. The van der Waals surface area contributed by atoms with Gasteiger partial charge in [-0.2, -0.15) is 5.10 Å². The molecule has 4 rings (SSSR count). The summed E-state index contributed by atoms with van der Waals surface area (Å²) in [6.45, 7) is 9.62. The molecule has 2 aromatic rings. The second-order valence-electron chi connectivity index (χ2n) is 7.48. The van der Waals surface area contributed by atoms with Gasteiger partial charge in [0.25, 0.3) is 0 Å². The van der Waals surface area contributed by atoms with Crippen molar-refractivity contribution in [2.45, 2.75) is 70.6 Å². The molecule has 0 aliphatic carbocycles. The molecule has 158 valence electrons. The molecule has 0 saturated carbocycles. The molecule has 2 aromatic heterocycles. The van der Waals surface area contributed by atoms with Crippen LogP contribution >= 0.6 is 11.8 Å². The molecule has 1 saturated heterocycles. The van der Waals surface area contributed by atoms with Gasteiger partial charge in [-0.25, -0.2) is 4.68 Å². The van der Waals surface area contributed by atoms with Gasteiger partial charge in [0.15, 0.2) is 5.17 Å². The molecule has 29 heavy (non-hydrogen) atoms. The molecule has 4 heterocycles. The summed E-state index contributed by atoms with van der Waals surface area (Å²) in [7, 11) is 0. The van der Waals surface area contributed by atoms with E-state index in [1.54, 1.807) is 4.68 Å². The molecule has 11 heteroatoms. The first kappa shape index (κ1) is 20.3.